The largest absolute Gasteiger partial charge is 0.360 e. The maximum atomic E-state index is 12.2. The number of aromatic nitrogens is 3. The normalized spacial score (nSPS) is 11.4. The van der Waals surface area contributed by atoms with Crippen LogP contribution in [0.5, 0.6) is 0 Å². The van der Waals surface area contributed by atoms with Gasteiger partial charge in [-0.2, -0.15) is 10.2 Å². The van der Waals surface area contributed by atoms with Crippen LogP contribution in [-0.2, 0) is 6.54 Å². The SMILES string of the molecule is CCn1ncc(C=NNC(=O)c2c[nH]c3ccccc23)c1C. The van der Waals surface area contributed by atoms with E-state index in [1.54, 1.807) is 18.6 Å². The van der Waals surface area contributed by atoms with E-state index in [0.717, 1.165) is 28.7 Å². The van der Waals surface area contributed by atoms with Crippen molar-refractivity contribution in [2.45, 2.75) is 20.4 Å². The van der Waals surface area contributed by atoms with Crippen molar-refractivity contribution in [3.05, 3.63) is 53.5 Å². The molecule has 0 bridgehead atoms. The molecule has 2 aromatic heterocycles. The molecule has 0 fully saturated rings. The molecule has 0 aliphatic carbocycles. The number of hydrazone groups is 1. The molecule has 0 atom stereocenters. The van der Waals surface area contributed by atoms with Crippen molar-refractivity contribution in [3.8, 4) is 0 Å². The molecule has 2 N–H and O–H groups in total. The molecule has 0 radical (unpaired) electrons. The van der Waals surface area contributed by atoms with Crippen LogP contribution in [0.2, 0.25) is 0 Å². The van der Waals surface area contributed by atoms with Crippen molar-refractivity contribution in [2.24, 2.45) is 5.10 Å². The standard InChI is InChI=1S/C16H17N5O/c1-3-21-11(2)12(9-19-21)8-18-20-16(22)14-10-17-15-7-5-4-6-13(14)15/h4-10,17H,3H2,1-2H3,(H,20,22). The summed E-state index contributed by atoms with van der Waals surface area (Å²) < 4.78 is 1.88. The molecule has 0 aliphatic heterocycles. The lowest BCUT2D eigenvalue weighted by atomic mass is 10.2. The van der Waals surface area contributed by atoms with Gasteiger partial charge in [-0.3, -0.25) is 9.48 Å². The lowest BCUT2D eigenvalue weighted by molar-refractivity contribution is 0.0957. The van der Waals surface area contributed by atoms with Crippen LogP contribution >= 0.6 is 0 Å². The van der Waals surface area contributed by atoms with Crippen molar-refractivity contribution >= 4 is 23.0 Å². The topological polar surface area (TPSA) is 75.1 Å². The van der Waals surface area contributed by atoms with Gasteiger partial charge in [-0.1, -0.05) is 18.2 Å². The number of benzene rings is 1. The maximum absolute atomic E-state index is 12.2. The van der Waals surface area contributed by atoms with Crippen molar-refractivity contribution in [1.29, 1.82) is 0 Å². The number of H-pyrrole nitrogens is 1. The van der Waals surface area contributed by atoms with E-state index in [-0.39, 0.29) is 5.91 Å². The minimum absolute atomic E-state index is 0.241. The van der Waals surface area contributed by atoms with Gasteiger partial charge in [0.05, 0.1) is 18.0 Å². The first-order valence-electron chi connectivity index (χ1n) is 7.12. The Labute approximate surface area is 127 Å². The third kappa shape index (κ3) is 2.50. The quantitative estimate of drug-likeness (QED) is 0.573. The number of hydrogen-bond acceptors (Lipinski definition) is 3. The van der Waals surface area contributed by atoms with Gasteiger partial charge >= 0.3 is 0 Å². The molecule has 2 heterocycles. The lowest BCUT2D eigenvalue weighted by Crippen LogP contribution is -2.17. The fourth-order valence-electron chi connectivity index (χ4n) is 2.39. The first-order valence-corrected chi connectivity index (χ1v) is 7.12. The van der Waals surface area contributed by atoms with Crippen molar-refractivity contribution in [2.75, 3.05) is 0 Å². The van der Waals surface area contributed by atoms with E-state index in [1.807, 2.05) is 42.8 Å². The van der Waals surface area contributed by atoms with Gasteiger partial charge in [-0.15, -0.1) is 0 Å². The summed E-state index contributed by atoms with van der Waals surface area (Å²) >= 11 is 0. The molecule has 0 saturated heterocycles. The average molecular weight is 295 g/mol. The fraction of sp³-hybridized carbons (Fsp3) is 0.188. The number of rotatable bonds is 4. The number of carbonyl (C=O) groups is 1. The highest BCUT2D eigenvalue weighted by Gasteiger charge is 2.10. The number of para-hydroxylation sites is 1. The number of amides is 1. The Balaban J connectivity index is 1.74. The molecule has 22 heavy (non-hydrogen) atoms. The van der Waals surface area contributed by atoms with Crippen LogP contribution in [0.15, 0.2) is 41.8 Å². The van der Waals surface area contributed by atoms with Crippen LogP contribution < -0.4 is 5.43 Å². The predicted octanol–water partition coefficient (Wildman–Crippen LogP) is 2.46. The zero-order chi connectivity index (χ0) is 15.5. The van der Waals surface area contributed by atoms with Gasteiger partial charge in [-0.05, 0) is 19.9 Å². The Bertz CT molecular complexity index is 843. The molecule has 0 unspecified atom stereocenters. The van der Waals surface area contributed by atoms with Gasteiger partial charge in [0.25, 0.3) is 5.91 Å². The third-order valence-electron chi connectivity index (χ3n) is 3.64. The number of hydrogen-bond donors (Lipinski definition) is 2. The maximum Gasteiger partial charge on any atom is 0.273 e. The zero-order valence-electron chi connectivity index (χ0n) is 12.5. The predicted molar refractivity (Wildman–Crippen MR) is 86.0 cm³/mol. The average Bonchev–Trinajstić information content (AvgIpc) is 3.11. The van der Waals surface area contributed by atoms with Gasteiger partial charge in [0.1, 0.15) is 0 Å². The van der Waals surface area contributed by atoms with E-state index in [4.69, 9.17) is 0 Å². The Kier molecular flexibility index (Phi) is 3.74. The van der Waals surface area contributed by atoms with E-state index in [1.165, 1.54) is 0 Å². The van der Waals surface area contributed by atoms with E-state index in [0.29, 0.717) is 5.56 Å². The minimum Gasteiger partial charge on any atom is -0.360 e. The van der Waals surface area contributed by atoms with E-state index in [9.17, 15) is 4.79 Å². The minimum atomic E-state index is -0.241. The molecule has 3 rings (SSSR count). The van der Waals surface area contributed by atoms with E-state index >= 15 is 0 Å². The Hall–Kier alpha value is -2.89. The van der Waals surface area contributed by atoms with Gasteiger partial charge in [-0.25, -0.2) is 5.43 Å². The first-order chi connectivity index (χ1) is 10.7. The van der Waals surface area contributed by atoms with Crippen molar-refractivity contribution < 1.29 is 4.79 Å². The molecule has 112 valence electrons. The first kappa shape index (κ1) is 14.1. The van der Waals surface area contributed by atoms with Crippen molar-refractivity contribution in [3.63, 3.8) is 0 Å². The number of aryl methyl sites for hydroxylation is 1. The molecule has 6 nitrogen and oxygen atoms in total. The molecular weight excluding hydrogens is 278 g/mol. The van der Waals surface area contributed by atoms with Crippen molar-refractivity contribution in [1.82, 2.24) is 20.2 Å². The second-order valence-electron chi connectivity index (χ2n) is 4.95. The Morgan fingerprint density at radius 3 is 3.05 bits per heavy atom. The summed E-state index contributed by atoms with van der Waals surface area (Å²) in [6, 6.07) is 7.66. The monoisotopic (exact) mass is 295 g/mol. The molecule has 6 heteroatoms. The highest BCUT2D eigenvalue weighted by atomic mass is 16.2. The molecule has 1 amide bonds. The Morgan fingerprint density at radius 1 is 1.45 bits per heavy atom. The van der Waals surface area contributed by atoms with Crippen LogP contribution in [0.4, 0.5) is 0 Å². The number of carbonyl (C=O) groups excluding carboxylic acids is 1. The van der Waals surface area contributed by atoms with E-state index in [2.05, 4.69) is 20.6 Å². The van der Waals surface area contributed by atoms with Gasteiger partial charge in [0.15, 0.2) is 0 Å². The summed E-state index contributed by atoms with van der Waals surface area (Å²) in [4.78, 5) is 15.3. The van der Waals surface area contributed by atoms with Crippen LogP contribution in [0.25, 0.3) is 10.9 Å². The number of nitrogens with zero attached hydrogens (tertiary/aromatic N) is 3. The number of aromatic amines is 1. The summed E-state index contributed by atoms with van der Waals surface area (Å²) in [5.74, 6) is -0.241. The van der Waals surface area contributed by atoms with E-state index < -0.39 is 0 Å². The van der Waals surface area contributed by atoms with Crippen LogP contribution in [0.1, 0.15) is 28.5 Å². The van der Waals surface area contributed by atoms with Gasteiger partial charge < -0.3 is 4.98 Å². The van der Waals surface area contributed by atoms with Crippen LogP contribution in [0.3, 0.4) is 0 Å². The second-order valence-corrected chi connectivity index (χ2v) is 4.95. The number of fused-ring (bicyclic) bond motifs is 1. The second kappa shape index (κ2) is 5.85. The fourth-order valence-corrected chi connectivity index (χ4v) is 2.39. The smallest absolute Gasteiger partial charge is 0.273 e. The van der Waals surface area contributed by atoms with Gasteiger partial charge in [0.2, 0.25) is 0 Å². The highest BCUT2D eigenvalue weighted by Crippen LogP contribution is 2.17. The van der Waals surface area contributed by atoms with Crippen LogP contribution in [-0.4, -0.2) is 26.9 Å². The molecule has 3 aromatic rings. The van der Waals surface area contributed by atoms with Crippen LogP contribution in [0, 0.1) is 6.92 Å². The van der Waals surface area contributed by atoms with Gasteiger partial charge in [0, 0.05) is 34.9 Å². The summed E-state index contributed by atoms with van der Waals surface area (Å²) in [7, 11) is 0. The molecule has 0 aliphatic rings. The highest BCUT2D eigenvalue weighted by molar-refractivity contribution is 6.06. The molecular formula is C16H17N5O. The summed E-state index contributed by atoms with van der Waals surface area (Å²) in [5, 5.41) is 9.13. The summed E-state index contributed by atoms with van der Waals surface area (Å²) in [5.41, 5.74) is 5.97. The third-order valence-corrected chi connectivity index (χ3v) is 3.64. The molecule has 0 saturated carbocycles. The lowest BCUT2D eigenvalue weighted by Gasteiger charge is -1.99. The zero-order valence-corrected chi connectivity index (χ0v) is 12.5. The molecule has 0 spiro atoms. The Morgan fingerprint density at radius 2 is 2.27 bits per heavy atom. The summed E-state index contributed by atoms with van der Waals surface area (Å²) in [6.07, 6.45) is 5.04. The molecule has 1 aromatic carbocycles. The summed E-state index contributed by atoms with van der Waals surface area (Å²) in [6.45, 7) is 4.81. The number of nitrogens with one attached hydrogen (secondary N) is 2.